The Morgan fingerprint density at radius 1 is 1.32 bits per heavy atom. The van der Waals surface area contributed by atoms with E-state index in [4.69, 9.17) is 11.6 Å². The van der Waals surface area contributed by atoms with Crippen LogP contribution < -0.4 is 10.6 Å². The first kappa shape index (κ1) is 12.0. The molecule has 5 heteroatoms. The van der Waals surface area contributed by atoms with Crippen molar-refractivity contribution in [3.05, 3.63) is 47.0 Å². The van der Waals surface area contributed by atoms with Crippen LogP contribution in [0.25, 0.3) is 11.1 Å². The fourth-order valence-corrected chi connectivity index (χ4v) is 2.77. The first-order valence-corrected chi connectivity index (χ1v) is 6.24. The van der Waals surface area contributed by atoms with E-state index in [1.54, 1.807) is 0 Å². The van der Waals surface area contributed by atoms with Crippen molar-refractivity contribution in [3.8, 4) is 0 Å². The first-order chi connectivity index (χ1) is 9.06. The van der Waals surface area contributed by atoms with Crippen molar-refractivity contribution in [2.45, 2.75) is 12.5 Å². The van der Waals surface area contributed by atoms with Crippen LogP contribution in [0.5, 0.6) is 0 Å². The Hall–Kier alpha value is -2.07. The lowest BCUT2D eigenvalue weighted by Gasteiger charge is -2.10. The summed E-state index contributed by atoms with van der Waals surface area (Å²) >= 11 is 6.16. The van der Waals surface area contributed by atoms with Gasteiger partial charge < -0.3 is 5.32 Å². The molecule has 2 N–H and O–H groups in total. The Morgan fingerprint density at radius 2 is 2.11 bits per heavy atom. The summed E-state index contributed by atoms with van der Waals surface area (Å²) in [6, 6.07) is 4.64. The number of carbonyl (C=O) groups excluding carboxylic acids is 2. The van der Waals surface area contributed by atoms with E-state index in [0.717, 1.165) is 22.3 Å². The molecule has 96 valence electrons. The van der Waals surface area contributed by atoms with Crippen molar-refractivity contribution in [1.82, 2.24) is 10.6 Å². The molecule has 3 amide bonds. The highest BCUT2D eigenvalue weighted by Gasteiger charge is 2.32. The first-order valence-electron chi connectivity index (χ1n) is 5.86. The number of fused-ring (bicyclic) bond motifs is 1. The second-order valence-corrected chi connectivity index (χ2v) is 4.98. The van der Waals surface area contributed by atoms with Gasteiger partial charge in [-0.3, -0.25) is 10.1 Å². The molecule has 2 aliphatic rings. The van der Waals surface area contributed by atoms with Gasteiger partial charge in [0.05, 0.1) is 0 Å². The van der Waals surface area contributed by atoms with Crippen LogP contribution in [0, 0.1) is 0 Å². The molecule has 0 radical (unpaired) electrons. The maximum atomic E-state index is 11.6. The van der Waals surface area contributed by atoms with E-state index in [2.05, 4.69) is 17.2 Å². The molecule has 1 aliphatic carbocycles. The fraction of sp³-hybridized carbons (Fsp3) is 0.143. The molecule has 1 aliphatic heterocycles. The van der Waals surface area contributed by atoms with Crippen molar-refractivity contribution < 1.29 is 9.59 Å². The molecule has 3 rings (SSSR count). The van der Waals surface area contributed by atoms with Crippen LogP contribution in [-0.2, 0) is 4.79 Å². The van der Waals surface area contributed by atoms with Gasteiger partial charge in [0, 0.05) is 17.0 Å². The normalized spacial score (nSPS) is 21.0. The van der Waals surface area contributed by atoms with Crippen LogP contribution in [0.4, 0.5) is 4.79 Å². The Bertz CT molecular complexity index is 649. The largest absolute Gasteiger partial charge is 0.326 e. The predicted octanol–water partition coefficient (Wildman–Crippen LogP) is 2.35. The van der Waals surface area contributed by atoms with E-state index in [1.165, 1.54) is 0 Å². The van der Waals surface area contributed by atoms with Crippen LogP contribution >= 0.6 is 11.6 Å². The zero-order chi connectivity index (χ0) is 13.6. The lowest BCUT2D eigenvalue weighted by atomic mass is 9.99. The predicted molar refractivity (Wildman–Crippen MR) is 73.5 cm³/mol. The zero-order valence-corrected chi connectivity index (χ0v) is 10.8. The monoisotopic (exact) mass is 274 g/mol. The van der Waals surface area contributed by atoms with Gasteiger partial charge in [0.25, 0.3) is 5.91 Å². The quantitative estimate of drug-likeness (QED) is 0.814. The minimum atomic E-state index is -0.531. The number of halogens is 1. The summed E-state index contributed by atoms with van der Waals surface area (Å²) in [5.41, 5.74) is 3.68. The number of rotatable bonds is 2. The van der Waals surface area contributed by atoms with Crippen molar-refractivity contribution in [1.29, 1.82) is 0 Å². The smallest absolute Gasteiger partial charge is 0.322 e. The van der Waals surface area contributed by atoms with Crippen LogP contribution in [0.15, 0.2) is 30.9 Å². The number of carbonyl (C=O) groups is 2. The summed E-state index contributed by atoms with van der Waals surface area (Å²) in [6.07, 6.45) is 2.35. The number of hydrogen-bond donors (Lipinski definition) is 2. The van der Waals surface area contributed by atoms with Crippen LogP contribution in [0.3, 0.4) is 0 Å². The van der Waals surface area contributed by atoms with E-state index < -0.39 is 12.1 Å². The Balaban J connectivity index is 1.91. The SMILES string of the molecule is C=C1C=C(C[C@H]2NC(=O)NC2=O)c2cccc(Cl)c21. The Labute approximate surface area is 115 Å². The van der Waals surface area contributed by atoms with Gasteiger partial charge in [-0.15, -0.1) is 0 Å². The van der Waals surface area contributed by atoms with Gasteiger partial charge in [-0.05, 0) is 22.8 Å². The summed E-state index contributed by atoms with van der Waals surface area (Å²) < 4.78 is 0. The van der Waals surface area contributed by atoms with Crippen LogP contribution in [-0.4, -0.2) is 18.0 Å². The number of benzene rings is 1. The highest BCUT2D eigenvalue weighted by Crippen LogP contribution is 2.40. The van der Waals surface area contributed by atoms with Gasteiger partial charge in [0.2, 0.25) is 0 Å². The number of urea groups is 1. The van der Waals surface area contributed by atoms with Crippen molar-refractivity contribution in [3.63, 3.8) is 0 Å². The van der Waals surface area contributed by atoms with E-state index >= 15 is 0 Å². The second-order valence-electron chi connectivity index (χ2n) is 4.58. The summed E-state index contributed by atoms with van der Waals surface area (Å²) in [5, 5.41) is 5.46. The van der Waals surface area contributed by atoms with Gasteiger partial charge in [-0.25, -0.2) is 4.79 Å². The molecule has 1 aromatic carbocycles. The maximum absolute atomic E-state index is 11.6. The summed E-state index contributed by atoms with van der Waals surface area (Å²) in [5.74, 6) is -0.299. The number of imide groups is 1. The summed E-state index contributed by atoms with van der Waals surface area (Å²) in [6.45, 7) is 3.97. The number of allylic oxidation sites excluding steroid dienone is 2. The molecule has 1 saturated heterocycles. The molecule has 1 fully saturated rings. The molecule has 1 heterocycles. The molecule has 0 aromatic heterocycles. The summed E-state index contributed by atoms with van der Waals surface area (Å²) in [4.78, 5) is 22.7. The molecule has 1 aromatic rings. The number of amides is 3. The molecule has 19 heavy (non-hydrogen) atoms. The molecule has 0 unspecified atom stereocenters. The second kappa shape index (κ2) is 4.24. The van der Waals surface area contributed by atoms with E-state index in [0.29, 0.717) is 11.4 Å². The molecular weight excluding hydrogens is 264 g/mol. The fourth-order valence-electron chi connectivity index (χ4n) is 2.47. The van der Waals surface area contributed by atoms with E-state index in [-0.39, 0.29) is 5.91 Å². The third kappa shape index (κ3) is 1.94. The van der Waals surface area contributed by atoms with Gasteiger partial charge >= 0.3 is 6.03 Å². The van der Waals surface area contributed by atoms with Gasteiger partial charge in [0.15, 0.2) is 0 Å². The molecular formula is C14H11ClN2O2. The van der Waals surface area contributed by atoms with E-state index in [9.17, 15) is 9.59 Å². The zero-order valence-electron chi connectivity index (χ0n) is 10.00. The van der Waals surface area contributed by atoms with Gasteiger partial charge in [-0.2, -0.15) is 0 Å². The number of nitrogens with one attached hydrogen (secondary N) is 2. The average Bonchev–Trinajstić information content (AvgIpc) is 2.82. The van der Waals surface area contributed by atoms with E-state index in [1.807, 2.05) is 24.3 Å². The minimum Gasteiger partial charge on any atom is -0.326 e. The molecule has 0 bridgehead atoms. The Kier molecular flexibility index (Phi) is 2.68. The topological polar surface area (TPSA) is 58.2 Å². The maximum Gasteiger partial charge on any atom is 0.322 e. The molecule has 0 spiro atoms. The highest BCUT2D eigenvalue weighted by molar-refractivity contribution is 6.33. The minimum absolute atomic E-state index is 0.299. The lowest BCUT2D eigenvalue weighted by molar-refractivity contribution is -0.120. The lowest BCUT2D eigenvalue weighted by Crippen LogP contribution is -2.28. The van der Waals surface area contributed by atoms with Crippen LogP contribution in [0.2, 0.25) is 5.02 Å². The molecule has 4 nitrogen and oxygen atoms in total. The van der Waals surface area contributed by atoms with Crippen molar-refractivity contribution >= 4 is 34.7 Å². The number of hydrogen-bond acceptors (Lipinski definition) is 2. The third-order valence-corrected chi connectivity index (χ3v) is 3.63. The average molecular weight is 275 g/mol. The van der Waals surface area contributed by atoms with Gasteiger partial charge in [0.1, 0.15) is 6.04 Å². The molecule has 0 saturated carbocycles. The van der Waals surface area contributed by atoms with Crippen molar-refractivity contribution in [2.75, 3.05) is 0 Å². The standard InChI is InChI=1S/C14H11ClN2O2/c1-7-5-8(6-11-13(18)17-14(19)16-11)9-3-2-4-10(15)12(7)9/h2-5,11H,1,6H2,(H2,16,17,18,19)/t11-/m1/s1. The van der Waals surface area contributed by atoms with Crippen LogP contribution in [0.1, 0.15) is 17.5 Å². The Morgan fingerprint density at radius 3 is 2.79 bits per heavy atom. The van der Waals surface area contributed by atoms with Gasteiger partial charge in [-0.1, -0.05) is 36.4 Å². The molecule has 1 atom stereocenters. The highest BCUT2D eigenvalue weighted by atomic mass is 35.5. The van der Waals surface area contributed by atoms with Crippen molar-refractivity contribution in [2.24, 2.45) is 0 Å². The third-order valence-electron chi connectivity index (χ3n) is 3.31. The summed E-state index contributed by atoms with van der Waals surface area (Å²) in [7, 11) is 0.